The SMILES string of the molecule is CC.CC(O)(c1cnc(C(=O)O)c(N2CCC3(CC2)CC3)n1)C(F)(F)F. The number of aromatic nitrogens is 2. The van der Waals surface area contributed by atoms with Crippen LogP contribution in [-0.4, -0.2) is 45.4 Å². The molecule has 1 atom stereocenters. The normalized spacial score (nSPS) is 20.8. The minimum absolute atomic E-state index is 0.111. The van der Waals surface area contributed by atoms with Crippen LogP contribution in [0.1, 0.15) is 62.6 Å². The van der Waals surface area contributed by atoms with Gasteiger partial charge in [0.15, 0.2) is 11.5 Å². The quantitative estimate of drug-likeness (QED) is 0.843. The number of piperidine rings is 1. The van der Waals surface area contributed by atoms with E-state index in [0.717, 1.165) is 25.7 Å². The fourth-order valence-electron chi connectivity index (χ4n) is 3.00. The minimum Gasteiger partial charge on any atom is -0.476 e. The van der Waals surface area contributed by atoms with Crippen LogP contribution in [0.2, 0.25) is 0 Å². The topological polar surface area (TPSA) is 86.5 Å². The number of hydrogen-bond donors (Lipinski definition) is 2. The van der Waals surface area contributed by atoms with Crippen LogP contribution in [-0.2, 0) is 5.60 Å². The fraction of sp³-hybridized carbons (Fsp3) is 0.706. The molecule has 1 saturated heterocycles. The molecule has 9 heteroatoms. The van der Waals surface area contributed by atoms with Crippen molar-refractivity contribution in [2.24, 2.45) is 5.41 Å². The highest BCUT2D eigenvalue weighted by atomic mass is 19.4. The van der Waals surface area contributed by atoms with Crippen molar-refractivity contribution in [2.75, 3.05) is 18.0 Å². The molecular weight excluding hydrogens is 351 g/mol. The van der Waals surface area contributed by atoms with Crippen molar-refractivity contribution in [1.29, 1.82) is 0 Å². The molecule has 2 fully saturated rings. The molecule has 1 spiro atoms. The molecule has 1 saturated carbocycles. The third-order valence-electron chi connectivity index (χ3n) is 5.09. The van der Waals surface area contributed by atoms with Crippen molar-refractivity contribution in [3.05, 3.63) is 17.6 Å². The van der Waals surface area contributed by atoms with E-state index in [0.29, 0.717) is 31.6 Å². The summed E-state index contributed by atoms with van der Waals surface area (Å²) in [6.07, 6.45) is -0.278. The number of carboxylic acids is 1. The first-order chi connectivity index (χ1) is 12.1. The van der Waals surface area contributed by atoms with Gasteiger partial charge in [0.05, 0.1) is 6.20 Å². The minimum atomic E-state index is -4.94. The van der Waals surface area contributed by atoms with E-state index < -0.39 is 29.1 Å². The zero-order valence-corrected chi connectivity index (χ0v) is 15.1. The molecule has 2 heterocycles. The van der Waals surface area contributed by atoms with Gasteiger partial charge in [-0.2, -0.15) is 13.2 Å². The van der Waals surface area contributed by atoms with Gasteiger partial charge in [-0.3, -0.25) is 0 Å². The average Bonchev–Trinajstić information content (AvgIpc) is 3.35. The fourth-order valence-corrected chi connectivity index (χ4v) is 3.00. The molecule has 26 heavy (non-hydrogen) atoms. The largest absolute Gasteiger partial charge is 0.476 e. The molecule has 146 valence electrons. The molecule has 6 nitrogen and oxygen atoms in total. The van der Waals surface area contributed by atoms with Gasteiger partial charge in [-0.15, -0.1) is 0 Å². The number of anilines is 1. The lowest BCUT2D eigenvalue weighted by atomic mass is 9.93. The van der Waals surface area contributed by atoms with E-state index in [9.17, 15) is 28.2 Å². The van der Waals surface area contributed by atoms with Crippen LogP contribution in [0.4, 0.5) is 19.0 Å². The molecule has 1 aromatic heterocycles. The van der Waals surface area contributed by atoms with Crippen molar-refractivity contribution >= 4 is 11.8 Å². The molecule has 0 amide bonds. The number of carboxylic acid groups (broad SMARTS) is 1. The first-order valence-corrected chi connectivity index (χ1v) is 8.71. The third-order valence-corrected chi connectivity index (χ3v) is 5.09. The first kappa shape index (κ1) is 20.4. The smallest absolute Gasteiger partial charge is 0.422 e. The van der Waals surface area contributed by atoms with E-state index in [-0.39, 0.29) is 5.82 Å². The van der Waals surface area contributed by atoms with Crippen molar-refractivity contribution in [2.45, 2.75) is 58.2 Å². The Kier molecular flexibility index (Phi) is 5.51. The monoisotopic (exact) mass is 375 g/mol. The average molecular weight is 375 g/mol. The molecule has 1 unspecified atom stereocenters. The van der Waals surface area contributed by atoms with Gasteiger partial charge in [-0.25, -0.2) is 14.8 Å². The van der Waals surface area contributed by atoms with E-state index in [2.05, 4.69) is 9.97 Å². The number of aromatic carboxylic acids is 1. The Balaban J connectivity index is 0.00000117. The molecule has 2 N–H and O–H groups in total. The van der Waals surface area contributed by atoms with E-state index >= 15 is 0 Å². The van der Waals surface area contributed by atoms with Crippen LogP contribution in [0.25, 0.3) is 0 Å². The van der Waals surface area contributed by atoms with Gasteiger partial charge in [0.25, 0.3) is 0 Å². The van der Waals surface area contributed by atoms with Crippen LogP contribution < -0.4 is 4.90 Å². The van der Waals surface area contributed by atoms with Crippen LogP contribution in [0.3, 0.4) is 0 Å². The molecule has 2 aliphatic rings. The van der Waals surface area contributed by atoms with Gasteiger partial charge in [-0.05, 0) is 38.0 Å². The summed E-state index contributed by atoms with van der Waals surface area (Å²) in [5.74, 6) is -1.47. The van der Waals surface area contributed by atoms with Crippen molar-refractivity contribution in [3.63, 3.8) is 0 Å². The second-order valence-corrected chi connectivity index (χ2v) is 6.79. The highest BCUT2D eigenvalue weighted by molar-refractivity contribution is 5.91. The molecule has 0 aromatic carbocycles. The van der Waals surface area contributed by atoms with Gasteiger partial charge < -0.3 is 15.1 Å². The summed E-state index contributed by atoms with van der Waals surface area (Å²) in [6.45, 7) is 5.62. The van der Waals surface area contributed by atoms with Crippen LogP contribution in [0, 0.1) is 5.41 Å². The second kappa shape index (κ2) is 7.02. The Morgan fingerprint density at radius 2 is 1.73 bits per heavy atom. The number of hydrogen-bond acceptors (Lipinski definition) is 5. The summed E-state index contributed by atoms with van der Waals surface area (Å²) in [5.41, 5.74) is -3.98. The maximum absolute atomic E-state index is 13.0. The van der Waals surface area contributed by atoms with E-state index in [1.807, 2.05) is 13.8 Å². The van der Waals surface area contributed by atoms with Crippen LogP contribution in [0.15, 0.2) is 6.20 Å². The number of aliphatic hydroxyl groups is 1. The maximum Gasteiger partial charge on any atom is 0.422 e. The predicted molar refractivity (Wildman–Crippen MR) is 89.1 cm³/mol. The van der Waals surface area contributed by atoms with Crippen LogP contribution in [0.5, 0.6) is 0 Å². The zero-order valence-electron chi connectivity index (χ0n) is 15.1. The zero-order chi connectivity index (χ0) is 19.8. The lowest BCUT2D eigenvalue weighted by molar-refractivity contribution is -0.260. The summed E-state index contributed by atoms with van der Waals surface area (Å²) in [4.78, 5) is 20.5. The Morgan fingerprint density at radius 1 is 1.19 bits per heavy atom. The lowest BCUT2D eigenvalue weighted by Crippen LogP contribution is -2.41. The molecule has 0 radical (unpaired) electrons. The Hall–Kier alpha value is -1.90. The summed E-state index contributed by atoms with van der Waals surface area (Å²) >= 11 is 0. The third kappa shape index (κ3) is 3.77. The lowest BCUT2D eigenvalue weighted by Gasteiger charge is -2.34. The Labute approximate surface area is 150 Å². The highest BCUT2D eigenvalue weighted by Gasteiger charge is 2.53. The molecule has 1 aromatic rings. The maximum atomic E-state index is 13.0. The van der Waals surface area contributed by atoms with Crippen molar-refractivity contribution < 1.29 is 28.2 Å². The van der Waals surface area contributed by atoms with E-state index in [4.69, 9.17) is 0 Å². The van der Waals surface area contributed by atoms with E-state index in [1.54, 1.807) is 4.90 Å². The van der Waals surface area contributed by atoms with Crippen molar-refractivity contribution in [1.82, 2.24) is 9.97 Å². The standard InChI is InChI=1S/C15H18F3N3O3.C2H6/c1-13(24,15(16,17)18)9-8-19-10(12(22)23)11(20-9)21-6-4-14(2-3-14)5-7-21;1-2/h8,24H,2-7H2,1H3,(H,22,23);1-2H3. The van der Waals surface area contributed by atoms with Gasteiger partial charge in [0, 0.05) is 13.1 Å². The number of carbonyl (C=O) groups is 1. The van der Waals surface area contributed by atoms with Gasteiger partial charge >= 0.3 is 12.1 Å². The number of halogens is 3. The summed E-state index contributed by atoms with van der Waals surface area (Å²) in [7, 11) is 0. The number of nitrogens with zero attached hydrogens (tertiary/aromatic N) is 3. The molecule has 1 aliphatic carbocycles. The van der Waals surface area contributed by atoms with E-state index in [1.165, 1.54) is 0 Å². The number of rotatable bonds is 3. The van der Waals surface area contributed by atoms with Gasteiger partial charge in [0.2, 0.25) is 5.60 Å². The predicted octanol–water partition coefficient (Wildman–Crippen LogP) is 3.35. The second-order valence-electron chi connectivity index (χ2n) is 6.79. The molecular formula is C17H24F3N3O3. The Morgan fingerprint density at radius 3 is 2.15 bits per heavy atom. The van der Waals surface area contributed by atoms with Gasteiger partial charge in [0.1, 0.15) is 5.69 Å². The molecule has 1 aliphatic heterocycles. The summed E-state index contributed by atoms with van der Waals surface area (Å²) < 4.78 is 39.0. The highest BCUT2D eigenvalue weighted by Crippen LogP contribution is 2.54. The Bertz CT molecular complexity index is 663. The van der Waals surface area contributed by atoms with Crippen LogP contribution >= 0.6 is 0 Å². The van der Waals surface area contributed by atoms with Gasteiger partial charge in [-0.1, -0.05) is 13.8 Å². The first-order valence-electron chi connectivity index (χ1n) is 8.71. The number of alkyl halides is 3. The molecule has 3 rings (SSSR count). The summed E-state index contributed by atoms with van der Waals surface area (Å²) in [5, 5.41) is 19.0. The molecule has 0 bridgehead atoms. The van der Waals surface area contributed by atoms with Crippen molar-refractivity contribution in [3.8, 4) is 0 Å². The summed E-state index contributed by atoms with van der Waals surface area (Å²) in [6, 6.07) is 0.